The van der Waals surface area contributed by atoms with E-state index in [9.17, 15) is 0 Å². The van der Waals surface area contributed by atoms with Crippen molar-refractivity contribution >= 4 is 0 Å². The number of likely N-dealkylation sites (N-methyl/N-ethyl adjacent to an activating group) is 1. The summed E-state index contributed by atoms with van der Waals surface area (Å²) in [6.45, 7) is 2.05. The Morgan fingerprint density at radius 3 is 3.27 bits per heavy atom. The smallest absolute Gasteiger partial charge is 0.162 e. The van der Waals surface area contributed by atoms with E-state index in [0.29, 0.717) is 13.2 Å². The van der Waals surface area contributed by atoms with Gasteiger partial charge in [0, 0.05) is 12.6 Å². The zero-order valence-corrected chi connectivity index (χ0v) is 6.54. The molecule has 1 aromatic heterocycles. The predicted molar refractivity (Wildman–Crippen MR) is 40.1 cm³/mol. The molecule has 4 heteroatoms. The SMILES string of the molecule is CNCCOCc1ccno1. The Morgan fingerprint density at radius 2 is 2.64 bits per heavy atom. The van der Waals surface area contributed by atoms with Gasteiger partial charge in [0.15, 0.2) is 5.76 Å². The Morgan fingerprint density at radius 1 is 1.73 bits per heavy atom. The number of aromatic nitrogens is 1. The Bertz CT molecular complexity index is 175. The summed E-state index contributed by atoms with van der Waals surface area (Å²) < 4.78 is 10.0. The maximum atomic E-state index is 5.22. The lowest BCUT2D eigenvalue weighted by atomic mass is 10.5. The van der Waals surface area contributed by atoms with Crippen LogP contribution >= 0.6 is 0 Å². The van der Waals surface area contributed by atoms with Crippen molar-refractivity contribution in [1.82, 2.24) is 10.5 Å². The van der Waals surface area contributed by atoms with Crippen molar-refractivity contribution in [2.75, 3.05) is 20.2 Å². The summed E-state index contributed by atoms with van der Waals surface area (Å²) in [6.07, 6.45) is 1.61. The fourth-order valence-electron chi connectivity index (χ4n) is 0.664. The van der Waals surface area contributed by atoms with Crippen LogP contribution < -0.4 is 5.32 Å². The lowest BCUT2D eigenvalue weighted by Crippen LogP contribution is -2.13. The van der Waals surface area contributed by atoms with Crippen molar-refractivity contribution in [3.8, 4) is 0 Å². The molecule has 4 nitrogen and oxygen atoms in total. The fourth-order valence-corrected chi connectivity index (χ4v) is 0.664. The lowest BCUT2D eigenvalue weighted by Gasteiger charge is -1.99. The molecule has 0 unspecified atom stereocenters. The molecule has 0 radical (unpaired) electrons. The summed E-state index contributed by atoms with van der Waals surface area (Å²) in [5, 5.41) is 6.53. The molecule has 0 aromatic carbocycles. The van der Waals surface area contributed by atoms with Gasteiger partial charge in [-0.1, -0.05) is 5.16 Å². The van der Waals surface area contributed by atoms with Crippen LogP contribution in [0.4, 0.5) is 0 Å². The maximum absolute atomic E-state index is 5.22. The van der Waals surface area contributed by atoms with Crippen LogP contribution in [0.5, 0.6) is 0 Å². The van der Waals surface area contributed by atoms with Gasteiger partial charge in [0.2, 0.25) is 0 Å². The molecule has 0 bridgehead atoms. The number of ether oxygens (including phenoxy) is 1. The van der Waals surface area contributed by atoms with Crippen molar-refractivity contribution in [3.05, 3.63) is 18.0 Å². The molecular weight excluding hydrogens is 144 g/mol. The number of nitrogens with zero attached hydrogens (tertiary/aromatic N) is 1. The highest BCUT2D eigenvalue weighted by Crippen LogP contribution is 1.97. The van der Waals surface area contributed by atoms with Gasteiger partial charge < -0.3 is 14.6 Å². The molecule has 0 aliphatic carbocycles. The van der Waals surface area contributed by atoms with E-state index in [2.05, 4.69) is 10.5 Å². The molecule has 0 aliphatic heterocycles. The van der Waals surface area contributed by atoms with Crippen LogP contribution in [0.2, 0.25) is 0 Å². The minimum atomic E-state index is 0.502. The van der Waals surface area contributed by atoms with E-state index in [1.807, 2.05) is 7.05 Å². The van der Waals surface area contributed by atoms with Crippen LogP contribution in [0.1, 0.15) is 5.76 Å². The number of rotatable bonds is 5. The van der Waals surface area contributed by atoms with E-state index >= 15 is 0 Å². The van der Waals surface area contributed by atoms with Gasteiger partial charge >= 0.3 is 0 Å². The van der Waals surface area contributed by atoms with E-state index in [4.69, 9.17) is 9.26 Å². The van der Waals surface area contributed by atoms with Gasteiger partial charge in [0.1, 0.15) is 6.61 Å². The van der Waals surface area contributed by atoms with Crippen LogP contribution in [0.15, 0.2) is 16.8 Å². The molecule has 0 atom stereocenters. The van der Waals surface area contributed by atoms with Crippen molar-refractivity contribution in [1.29, 1.82) is 0 Å². The Kier molecular flexibility index (Phi) is 3.64. The first-order valence-corrected chi connectivity index (χ1v) is 3.55. The minimum absolute atomic E-state index is 0.502. The molecular formula is C7H12N2O2. The maximum Gasteiger partial charge on any atom is 0.162 e. The number of hydrogen-bond acceptors (Lipinski definition) is 4. The van der Waals surface area contributed by atoms with E-state index in [0.717, 1.165) is 12.3 Å². The summed E-state index contributed by atoms with van der Waals surface area (Å²) in [6, 6.07) is 1.79. The Hall–Kier alpha value is -0.870. The average molecular weight is 156 g/mol. The lowest BCUT2D eigenvalue weighted by molar-refractivity contribution is 0.104. The molecule has 0 spiro atoms. The Labute approximate surface area is 65.5 Å². The van der Waals surface area contributed by atoms with Gasteiger partial charge in [-0.25, -0.2) is 0 Å². The molecule has 1 aromatic rings. The highest BCUT2D eigenvalue weighted by Gasteiger charge is 1.94. The van der Waals surface area contributed by atoms with Gasteiger partial charge in [-0.3, -0.25) is 0 Å². The minimum Gasteiger partial charge on any atom is -0.372 e. The fraction of sp³-hybridized carbons (Fsp3) is 0.571. The summed E-state index contributed by atoms with van der Waals surface area (Å²) >= 11 is 0. The van der Waals surface area contributed by atoms with Crippen molar-refractivity contribution in [2.24, 2.45) is 0 Å². The molecule has 0 amide bonds. The molecule has 1 N–H and O–H groups in total. The summed E-state index contributed by atoms with van der Waals surface area (Å²) in [7, 11) is 1.89. The second-order valence-corrected chi connectivity index (χ2v) is 2.13. The largest absolute Gasteiger partial charge is 0.372 e. The highest BCUT2D eigenvalue weighted by atomic mass is 16.5. The quantitative estimate of drug-likeness (QED) is 0.627. The topological polar surface area (TPSA) is 47.3 Å². The van der Waals surface area contributed by atoms with Gasteiger partial charge in [-0.2, -0.15) is 0 Å². The van der Waals surface area contributed by atoms with Crippen molar-refractivity contribution < 1.29 is 9.26 Å². The van der Waals surface area contributed by atoms with Gasteiger partial charge in [-0.05, 0) is 7.05 Å². The molecule has 0 aliphatic rings. The number of hydrogen-bond donors (Lipinski definition) is 1. The first-order valence-electron chi connectivity index (χ1n) is 3.55. The summed E-state index contributed by atoms with van der Waals surface area (Å²) in [5.41, 5.74) is 0. The first-order chi connectivity index (χ1) is 5.43. The molecule has 0 saturated carbocycles. The monoisotopic (exact) mass is 156 g/mol. The average Bonchev–Trinajstić information content (AvgIpc) is 2.50. The zero-order chi connectivity index (χ0) is 7.94. The molecule has 11 heavy (non-hydrogen) atoms. The molecule has 1 rings (SSSR count). The second kappa shape index (κ2) is 4.87. The molecule has 0 fully saturated rings. The van der Waals surface area contributed by atoms with Crippen LogP contribution in [-0.4, -0.2) is 25.4 Å². The van der Waals surface area contributed by atoms with Gasteiger partial charge in [0.25, 0.3) is 0 Å². The van der Waals surface area contributed by atoms with E-state index in [1.165, 1.54) is 0 Å². The third-order valence-electron chi connectivity index (χ3n) is 1.23. The van der Waals surface area contributed by atoms with Crippen molar-refractivity contribution in [2.45, 2.75) is 6.61 Å². The van der Waals surface area contributed by atoms with E-state index in [-0.39, 0.29) is 0 Å². The molecule has 0 saturated heterocycles. The van der Waals surface area contributed by atoms with E-state index < -0.39 is 0 Å². The zero-order valence-electron chi connectivity index (χ0n) is 6.54. The first kappa shape index (κ1) is 8.23. The van der Waals surface area contributed by atoms with E-state index in [1.54, 1.807) is 12.3 Å². The Balaban J connectivity index is 2.04. The van der Waals surface area contributed by atoms with Gasteiger partial charge in [0.05, 0.1) is 12.8 Å². The third-order valence-corrected chi connectivity index (χ3v) is 1.23. The number of nitrogens with one attached hydrogen (secondary N) is 1. The predicted octanol–water partition coefficient (Wildman–Crippen LogP) is 0.411. The molecule has 62 valence electrons. The molecule has 1 heterocycles. The summed E-state index contributed by atoms with van der Waals surface area (Å²) in [4.78, 5) is 0. The van der Waals surface area contributed by atoms with Crippen LogP contribution in [-0.2, 0) is 11.3 Å². The highest BCUT2D eigenvalue weighted by molar-refractivity contribution is 4.89. The van der Waals surface area contributed by atoms with Crippen LogP contribution in [0.25, 0.3) is 0 Å². The van der Waals surface area contributed by atoms with Crippen LogP contribution in [0.3, 0.4) is 0 Å². The third kappa shape index (κ3) is 3.15. The van der Waals surface area contributed by atoms with Crippen LogP contribution in [0, 0.1) is 0 Å². The normalized spacial score (nSPS) is 10.3. The van der Waals surface area contributed by atoms with Gasteiger partial charge in [-0.15, -0.1) is 0 Å². The summed E-state index contributed by atoms with van der Waals surface area (Å²) in [5.74, 6) is 0.765. The standard InChI is InChI=1S/C7H12N2O2/c1-8-4-5-10-6-7-2-3-9-11-7/h2-3,8H,4-6H2,1H3. The van der Waals surface area contributed by atoms with Crippen molar-refractivity contribution in [3.63, 3.8) is 0 Å². The second-order valence-electron chi connectivity index (χ2n) is 2.13.